The average molecular weight is 298 g/mol. The van der Waals surface area contributed by atoms with Crippen molar-refractivity contribution in [1.29, 1.82) is 5.39 Å². The molecule has 0 saturated carbocycles. The summed E-state index contributed by atoms with van der Waals surface area (Å²) in [7, 11) is -3.14. The number of carbonyl (C=O) groups excluding carboxylic acids is 1. The Morgan fingerprint density at radius 1 is 1.30 bits per heavy atom. The van der Waals surface area contributed by atoms with Crippen LogP contribution in [0.4, 0.5) is 0 Å². The van der Waals surface area contributed by atoms with Crippen LogP contribution in [0.5, 0.6) is 0 Å². The molecule has 0 rings (SSSR count). The highest BCUT2D eigenvalue weighted by Crippen LogP contribution is 2.56. The van der Waals surface area contributed by atoms with Crippen LogP contribution < -0.4 is 0 Å². The van der Waals surface area contributed by atoms with Crippen LogP contribution in [0, 0.1) is 5.39 Å². The fourth-order valence-electron chi connectivity index (χ4n) is 2.77. The molecule has 0 aliphatic carbocycles. The Morgan fingerprint density at radius 2 is 1.75 bits per heavy atom. The Balaban J connectivity index is 6.65. The van der Waals surface area contributed by atoms with Gasteiger partial charge in [0.15, 0.2) is 4.98 Å². The summed E-state index contributed by atoms with van der Waals surface area (Å²) >= 11 is 0. The average Bonchev–Trinajstić information content (AvgIpc) is 2.25. The van der Waals surface area contributed by atoms with Crippen LogP contribution in [0.2, 0.25) is 10.1 Å². The van der Waals surface area contributed by atoms with E-state index in [2.05, 4.69) is 9.63 Å². The second-order valence-electron chi connectivity index (χ2n) is 6.60. The van der Waals surface area contributed by atoms with E-state index in [9.17, 15) is 15.3 Å². The zero-order valence-electron chi connectivity index (χ0n) is 13.3. The van der Waals surface area contributed by atoms with E-state index in [1.54, 1.807) is 13.0 Å². The van der Waals surface area contributed by atoms with Crippen LogP contribution in [0.15, 0.2) is 15.9 Å². The van der Waals surface area contributed by atoms with E-state index in [1.165, 1.54) is 0 Å². The maximum absolute atomic E-state index is 11.0. The summed E-state index contributed by atoms with van der Waals surface area (Å²) in [5.41, 5.74) is 0. The molecule has 0 amide bonds. The summed E-state index contributed by atoms with van der Waals surface area (Å²) in [5.74, 6) is -0.481. The van der Waals surface area contributed by atoms with E-state index in [-0.39, 0.29) is 11.9 Å². The molecule has 6 nitrogen and oxygen atoms in total. The number of rotatable bonds is 4. The first-order chi connectivity index (χ1) is 8.99. The standard InChI is InChI=1S/C13H23N3O3Si/c1-8-19-11(18)10(16-14)20(15-9-17,12(2,3)4)13(5,6)7/h8H2,1-7H3/p+1/b11-10-. The third-order valence-electron chi connectivity index (χ3n) is 3.31. The lowest BCUT2D eigenvalue weighted by atomic mass is 10.2. The molecular formula is C13H24N3O3Si+. The van der Waals surface area contributed by atoms with Crippen molar-refractivity contribution in [2.24, 2.45) is 4.66 Å². The molecular weight excluding hydrogens is 274 g/mol. The molecule has 0 aromatic carbocycles. The number of hydrogen-bond acceptors (Lipinski definition) is 5. The zero-order valence-corrected chi connectivity index (χ0v) is 14.3. The normalized spacial score (nSPS) is 13.9. The maximum Gasteiger partial charge on any atom is 0.431 e. The predicted octanol–water partition coefficient (Wildman–Crippen LogP) is 4.02. The van der Waals surface area contributed by atoms with Crippen LogP contribution in [-0.4, -0.2) is 26.0 Å². The van der Waals surface area contributed by atoms with Gasteiger partial charge in [-0.3, -0.25) is 0 Å². The van der Waals surface area contributed by atoms with Crippen molar-refractivity contribution in [2.75, 3.05) is 6.61 Å². The number of aliphatic hydroxyl groups excluding tert-OH is 1. The number of hydrogen-bond donors (Lipinski definition) is 1. The molecule has 7 heteroatoms. The van der Waals surface area contributed by atoms with Crippen molar-refractivity contribution in [3.63, 3.8) is 0 Å². The van der Waals surface area contributed by atoms with Gasteiger partial charge in [-0.25, -0.2) is 9.45 Å². The third-order valence-corrected chi connectivity index (χ3v) is 9.08. The van der Waals surface area contributed by atoms with Crippen molar-refractivity contribution >= 4 is 14.3 Å². The van der Waals surface area contributed by atoms with Crippen molar-refractivity contribution in [3.05, 3.63) is 16.2 Å². The van der Waals surface area contributed by atoms with E-state index in [0.29, 0.717) is 0 Å². The quantitative estimate of drug-likeness (QED) is 0.279. The van der Waals surface area contributed by atoms with Gasteiger partial charge in [0.2, 0.25) is 11.5 Å². The Morgan fingerprint density at radius 3 is 2.00 bits per heavy atom. The predicted molar refractivity (Wildman–Crippen MR) is 79.7 cm³/mol. The second-order valence-corrected chi connectivity index (χ2v) is 11.7. The van der Waals surface area contributed by atoms with E-state index in [4.69, 9.17) is 4.74 Å². The number of isocyanates is 1. The summed E-state index contributed by atoms with van der Waals surface area (Å²) in [6, 6.07) is 0. The van der Waals surface area contributed by atoms with Gasteiger partial charge in [0, 0.05) is 0 Å². The summed E-state index contributed by atoms with van der Waals surface area (Å²) in [6.07, 6.45) is 1.60. The highest BCUT2D eigenvalue weighted by molar-refractivity contribution is 6.90. The van der Waals surface area contributed by atoms with E-state index < -0.39 is 24.3 Å². The number of ether oxygens (including phenoxy) is 1. The Kier molecular flexibility index (Phi) is 5.70. The molecule has 20 heavy (non-hydrogen) atoms. The molecule has 0 spiro atoms. The van der Waals surface area contributed by atoms with Gasteiger partial charge in [-0.2, -0.15) is 0 Å². The molecule has 0 aromatic rings. The minimum Gasteiger partial charge on any atom is -0.476 e. The van der Waals surface area contributed by atoms with E-state index >= 15 is 0 Å². The SMILES string of the molecule is CCO/C(O)=C(/[N+]#N)[Si](N=C=O)(C(C)(C)C)C(C)(C)C. The van der Waals surface area contributed by atoms with Crippen molar-refractivity contribution in [3.8, 4) is 0 Å². The van der Waals surface area contributed by atoms with Crippen LogP contribution in [0.3, 0.4) is 0 Å². The molecule has 112 valence electrons. The molecule has 0 bridgehead atoms. The van der Waals surface area contributed by atoms with Crippen LogP contribution in [-0.2, 0) is 9.53 Å². The Labute approximate surface area is 121 Å². The summed E-state index contributed by atoms with van der Waals surface area (Å²) in [6.45, 7) is 13.3. The molecule has 0 aliphatic heterocycles. The first kappa shape index (κ1) is 18.4. The highest BCUT2D eigenvalue weighted by atomic mass is 28.3. The molecule has 0 saturated heterocycles. The molecule has 0 heterocycles. The topological polar surface area (TPSA) is 87.0 Å². The minimum atomic E-state index is -3.14. The molecule has 0 aliphatic rings. The van der Waals surface area contributed by atoms with Gasteiger partial charge in [-0.1, -0.05) is 41.5 Å². The smallest absolute Gasteiger partial charge is 0.431 e. The first-order valence-electron chi connectivity index (χ1n) is 6.50. The third kappa shape index (κ3) is 3.09. The molecule has 0 atom stereocenters. The van der Waals surface area contributed by atoms with Crippen LogP contribution >= 0.6 is 0 Å². The minimum absolute atomic E-state index is 0.0392. The molecule has 1 N–H and O–H groups in total. The van der Waals surface area contributed by atoms with Gasteiger partial charge in [0.1, 0.15) is 0 Å². The lowest BCUT2D eigenvalue weighted by Gasteiger charge is -2.41. The lowest BCUT2D eigenvalue weighted by Crippen LogP contribution is -2.52. The van der Waals surface area contributed by atoms with Crippen molar-refractivity contribution in [1.82, 2.24) is 0 Å². The van der Waals surface area contributed by atoms with Gasteiger partial charge < -0.3 is 9.84 Å². The Hall–Kier alpha value is -1.64. The highest BCUT2D eigenvalue weighted by Gasteiger charge is 2.67. The fourth-order valence-corrected chi connectivity index (χ4v) is 7.88. The molecule has 0 aromatic heterocycles. The number of nitrogens with zero attached hydrogens (tertiary/aromatic N) is 3. The second kappa shape index (κ2) is 6.20. The van der Waals surface area contributed by atoms with Gasteiger partial charge in [0.25, 0.3) is 0 Å². The Bertz CT molecular complexity index is 461. The molecule has 0 fully saturated rings. The molecule has 0 unspecified atom stereocenters. The maximum atomic E-state index is 11.0. The van der Waals surface area contributed by atoms with Gasteiger partial charge >= 0.3 is 19.5 Å². The van der Waals surface area contributed by atoms with Crippen molar-refractivity contribution < 1.29 is 14.6 Å². The lowest BCUT2D eigenvalue weighted by molar-refractivity contribution is 0.100. The number of diazo groups is 1. The molecule has 0 radical (unpaired) electrons. The zero-order chi connectivity index (χ0) is 16.2. The van der Waals surface area contributed by atoms with Crippen molar-refractivity contribution in [2.45, 2.75) is 58.5 Å². The summed E-state index contributed by atoms with van der Waals surface area (Å²) < 4.78 is 9.12. The number of aliphatic hydroxyl groups is 1. The van der Waals surface area contributed by atoms with Crippen LogP contribution in [0.1, 0.15) is 48.5 Å². The van der Waals surface area contributed by atoms with Crippen LogP contribution in [0.25, 0.3) is 4.98 Å². The van der Waals surface area contributed by atoms with E-state index in [0.717, 1.165) is 0 Å². The summed E-state index contributed by atoms with van der Waals surface area (Å²) in [4.78, 5) is 14.2. The largest absolute Gasteiger partial charge is 0.476 e. The van der Waals surface area contributed by atoms with Gasteiger partial charge in [0.05, 0.1) is 6.61 Å². The van der Waals surface area contributed by atoms with E-state index in [1.807, 2.05) is 41.5 Å². The summed E-state index contributed by atoms with van der Waals surface area (Å²) in [5, 5.41) is 18.4. The van der Waals surface area contributed by atoms with Gasteiger partial charge in [-0.05, 0) is 17.0 Å². The van der Waals surface area contributed by atoms with Gasteiger partial charge in [-0.15, -0.1) is 0 Å². The first-order valence-corrected chi connectivity index (χ1v) is 8.45. The monoisotopic (exact) mass is 298 g/mol. The fraction of sp³-hybridized carbons (Fsp3) is 0.769.